The van der Waals surface area contributed by atoms with Crippen molar-refractivity contribution >= 4 is 17.7 Å². The predicted octanol–water partition coefficient (Wildman–Crippen LogP) is -0.348. The lowest BCUT2D eigenvalue weighted by Crippen LogP contribution is -2.41. The van der Waals surface area contributed by atoms with Gasteiger partial charge in [0.25, 0.3) is 0 Å². The topological polar surface area (TPSA) is 58.6 Å². The molecule has 4 nitrogen and oxygen atoms in total. The molecule has 60 valence electrons. The molecule has 0 amide bonds. The van der Waals surface area contributed by atoms with E-state index in [2.05, 4.69) is 9.57 Å². The lowest BCUT2D eigenvalue weighted by Gasteiger charge is -2.13. The maximum absolute atomic E-state index is 10.7. The molecule has 0 aromatic heterocycles. The zero-order valence-corrected chi connectivity index (χ0v) is 6.55. The molecule has 2 N–H and O–H groups in total. The molecule has 0 aliphatic heterocycles. The van der Waals surface area contributed by atoms with E-state index < -0.39 is 18.1 Å². The highest BCUT2D eigenvalue weighted by atomic mass is 35.5. The van der Waals surface area contributed by atoms with Crippen LogP contribution in [0.2, 0.25) is 0 Å². The molecule has 0 aliphatic carbocycles. The molecule has 0 aliphatic rings. The average Bonchev–Trinajstić information content (AvgIpc) is 1.88. The van der Waals surface area contributed by atoms with Crippen LogP contribution in [0.4, 0.5) is 0 Å². The quantitative estimate of drug-likeness (QED) is 0.446. The number of esters is 1. The summed E-state index contributed by atoms with van der Waals surface area (Å²) < 4.78 is 4.32. The Labute approximate surface area is 64.2 Å². The minimum absolute atomic E-state index is 0.579. The van der Waals surface area contributed by atoms with Crippen molar-refractivity contribution in [1.29, 1.82) is 0 Å². The molecular weight excluding hydrogens is 158 g/mol. The van der Waals surface area contributed by atoms with E-state index in [1.807, 2.05) is 0 Å². The largest absolute Gasteiger partial charge is 0.468 e. The zero-order valence-electron chi connectivity index (χ0n) is 5.80. The summed E-state index contributed by atoms with van der Waals surface area (Å²) >= 11 is 5.13. The van der Waals surface area contributed by atoms with E-state index in [0.29, 0.717) is 0 Å². The highest BCUT2D eigenvalue weighted by Gasteiger charge is 2.22. The van der Waals surface area contributed by atoms with Gasteiger partial charge in [0.1, 0.15) is 6.04 Å². The summed E-state index contributed by atoms with van der Waals surface area (Å²) in [5, 5.41) is 8.87. The van der Waals surface area contributed by atoms with Crippen LogP contribution in [-0.4, -0.2) is 30.3 Å². The van der Waals surface area contributed by atoms with Crippen molar-refractivity contribution in [2.75, 3.05) is 7.11 Å². The number of carbonyl (C=O) groups is 1. The molecule has 2 unspecified atom stereocenters. The molecule has 0 aromatic rings. The molecule has 2 atom stereocenters. The molecule has 0 spiro atoms. The van der Waals surface area contributed by atoms with Crippen LogP contribution in [0.25, 0.3) is 0 Å². The number of hydrogen-bond donors (Lipinski definition) is 2. The van der Waals surface area contributed by atoms with Crippen molar-refractivity contribution in [1.82, 2.24) is 4.84 Å². The molecule has 0 rings (SSSR count). The van der Waals surface area contributed by atoms with Gasteiger partial charge in [-0.25, -0.2) is 4.84 Å². The molecule has 5 heteroatoms. The molecule has 0 radical (unpaired) electrons. The fourth-order valence-corrected chi connectivity index (χ4v) is 0.731. The summed E-state index contributed by atoms with van der Waals surface area (Å²) in [6, 6.07) is -0.855. The third-order valence-electron chi connectivity index (χ3n) is 1.06. The van der Waals surface area contributed by atoms with Gasteiger partial charge in [0.2, 0.25) is 0 Å². The molecule has 10 heavy (non-hydrogen) atoms. The Kier molecular flexibility index (Phi) is 4.34. The molecule has 0 fully saturated rings. The lowest BCUT2D eigenvalue weighted by molar-refractivity contribution is -0.145. The maximum Gasteiger partial charge on any atom is 0.326 e. The van der Waals surface area contributed by atoms with Crippen LogP contribution in [0.1, 0.15) is 6.92 Å². The first kappa shape index (κ1) is 9.68. The number of methoxy groups -OCH3 is 1. The molecular formula is C5H10ClNO3. The predicted molar refractivity (Wildman–Crippen MR) is 36.5 cm³/mol. The van der Waals surface area contributed by atoms with Crippen LogP contribution >= 0.6 is 11.8 Å². The first-order chi connectivity index (χ1) is 4.63. The van der Waals surface area contributed by atoms with E-state index in [9.17, 15) is 4.79 Å². The second-order valence-electron chi connectivity index (χ2n) is 1.85. The first-order valence-electron chi connectivity index (χ1n) is 2.75. The molecule has 0 saturated heterocycles. The monoisotopic (exact) mass is 167 g/mol. The third kappa shape index (κ3) is 2.51. The number of hydrogen-bond acceptors (Lipinski definition) is 4. The van der Waals surface area contributed by atoms with Gasteiger partial charge in [-0.1, -0.05) is 0 Å². The van der Waals surface area contributed by atoms with Gasteiger partial charge in [-0.15, -0.1) is 0 Å². The number of aliphatic hydroxyl groups excluding tert-OH is 1. The minimum atomic E-state index is -0.857. The maximum atomic E-state index is 10.7. The normalized spacial score (nSPS) is 16.0. The van der Waals surface area contributed by atoms with Crippen molar-refractivity contribution in [3.8, 4) is 0 Å². The number of ether oxygens (including phenoxy) is 1. The summed E-state index contributed by atoms with van der Waals surface area (Å²) in [6.45, 7) is 1.44. The van der Waals surface area contributed by atoms with Gasteiger partial charge in [-0.2, -0.15) is 0 Å². The van der Waals surface area contributed by atoms with Crippen molar-refractivity contribution < 1.29 is 14.6 Å². The summed E-state index contributed by atoms with van der Waals surface area (Å²) in [6.07, 6.45) is -0.857. The zero-order chi connectivity index (χ0) is 8.15. The van der Waals surface area contributed by atoms with Crippen LogP contribution in [0.3, 0.4) is 0 Å². The standard InChI is InChI=1S/C5H10ClNO3/c1-3(8)4(7-6)5(9)10-2/h3-4,7-8H,1-2H3. The van der Waals surface area contributed by atoms with E-state index in [4.69, 9.17) is 16.9 Å². The number of carbonyl (C=O) groups excluding carboxylic acids is 1. The minimum Gasteiger partial charge on any atom is -0.468 e. The third-order valence-corrected chi connectivity index (χ3v) is 1.29. The van der Waals surface area contributed by atoms with Crippen molar-refractivity contribution in [2.24, 2.45) is 0 Å². The summed E-state index contributed by atoms with van der Waals surface area (Å²) in [5.41, 5.74) is 0. The molecule has 0 heterocycles. The Bertz CT molecular complexity index is 117. The van der Waals surface area contributed by atoms with Crippen LogP contribution in [0.15, 0.2) is 0 Å². The van der Waals surface area contributed by atoms with Crippen molar-refractivity contribution in [3.05, 3.63) is 0 Å². The van der Waals surface area contributed by atoms with Crippen LogP contribution in [-0.2, 0) is 9.53 Å². The van der Waals surface area contributed by atoms with Gasteiger partial charge in [0.05, 0.1) is 13.2 Å². The number of nitrogens with one attached hydrogen (secondary N) is 1. The summed E-state index contributed by atoms with van der Waals surface area (Å²) in [5.74, 6) is -0.579. The van der Waals surface area contributed by atoms with E-state index in [-0.39, 0.29) is 0 Å². The van der Waals surface area contributed by atoms with Crippen molar-refractivity contribution in [3.63, 3.8) is 0 Å². The van der Waals surface area contributed by atoms with Crippen LogP contribution in [0.5, 0.6) is 0 Å². The highest BCUT2D eigenvalue weighted by Crippen LogP contribution is 1.95. The fourth-order valence-electron chi connectivity index (χ4n) is 0.460. The first-order valence-corrected chi connectivity index (χ1v) is 3.13. The highest BCUT2D eigenvalue weighted by molar-refractivity contribution is 6.14. The van der Waals surface area contributed by atoms with E-state index in [0.717, 1.165) is 0 Å². The average molecular weight is 168 g/mol. The van der Waals surface area contributed by atoms with Gasteiger partial charge < -0.3 is 9.84 Å². The van der Waals surface area contributed by atoms with Gasteiger partial charge in [0.15, 0.2) is 0 Å². The van der Waals surface area contributed by atoms with E-state index in [1.165, 1.54) is 14.0 Å². The van der Waals surface area contributed by atoms with Gasteiger partial charge in [-0.05, 0) is 18.7 Å². The van der Waals surface area contributed by atoms with Gasteiger partial charge >= 0.3 is 5.97 Å². The fraction of sp³-hybridized carbons (Fsp3) is 0.800. The van der Waals surface area contributed by atoms with Crippen LogP contribution in [0, 0.1) is 0 Å². The number of rotatable bonds is 3. The Morgan fingerprint density at radius 1 is 1.80 bits per heavy atom. The molecule has 0 saturated carbocycles. The summed E-state index contributed by atoms with van der Waals surface area (Å²) in [4.78, 5) is 12.8. The Hall–Kier alpha value is -0.320. The lowest BCUT2D eigenvalue weighted by atomic mass is 10.2. The molecule has 0 aromatic carbocycles. The smallest absolute Gasteiger partial charge is 0.326 e. The van der Waals surface area contributed by atoms with Crippen molar-refractivity contribution in [2.45, 2.75) is 19.1 Å². The Morgan fingerprint density at radius 3 is 2.40 bits per heavy atom. The molecule has 0 bridgehead atoms. The Morgan fingerprint density at radius 2 is 2.30 bits per heavy atom. The second-order valence-corrected chi connectivity index (χ2v) is 2.07. The van der Waals surface area contributed by atoms with Crippen LogP contribution < -0.4 is 4.84 Å². The second kappa shape index (κ2) is 4.49. The summed E-state index contributed by atoms with van der Waals surface area (Å²) in [7, 11) is 1.23. The van der Waals surface area contributed by atoms with Gasteiger partial charge in [0, 0.05) is 0 Å². The Balaban J connectivity index is 3.93. The number of aliphatic hydroxyl groups is 1. The van der Waals surface area contributed by atoms with E-state index >= 15 is 0 Å². The number of halogens is 1. The SMILES string of the molecule is COC(=O)C(NCl)C(C)O. The van der Waals surface area contributed by atoms with E-state index in [1.54, 1.807) is 0 Å². The van der Waals surface area contributed by atoms with Gasteiger partial charge in [-0.3, -0.25) is 4.79 Å².